The van der Waals surface area contributed by atoms with E-state index in [1.807, 2.05) is 0 Å². The van der Waals surface area contributed by atoms with E-state index in [2.05, 4.69) is 12.2 Å². The van der Waals surface area contributed by atoms with Gasteiger partial charge in [0.2, 0.25) is 0 Å². The maximum absolute atomic E-state index is 11.0. The average Bonchev–Trinajstić information content (AvgIpc) is 2.80. The van der Waals surface area contributed by atoms with Crippen LogP contribution in [0.1, 0.15) is 51.9 Å². The number of carbonyl (C=O) groups is 1. The van der Waals surface area contributed by atoms with Gasteiger partial charge in [-0.15, -0.1) is 0 Å². The van der Waals surface area contributed by atoms with E-state index in [0.717, 1.165) is 25.7 Å². The Balaban J connectivity index is 2.06. The molecular formula is C13H25NO3. The summed E-state index contributed by atoms with van der Waals surface area (Å²) in [6, 6.07) is -0.415. The number of hydrogen-bond acceptors (Lipinski definition) is 3. The molecule has 2 N–H and O–H groups in total. The lowest BCUT2D eigenvalue weighted by atomic mass is 10.1. The smallest absolute Gasteiger partial charge is 0.320 e. The van der Waals surface area contributed by atoms with Crippen molar-refractivity contribution in [1.82, 2.24) is 5.32 Å². The third-order valence-corrected chi connectivity index (χ3v) is 3.29. The largest absolute Gasteiger partial charge is 0.480 e. The Hall–Kier alpha value is -0.610. The van der Waals surface area contributed by atoms with Crippen LogP contribution >= 0.6 is 0 Å². The molecule has 1 saturated carbocycles. The molecular weight excluding hydrogens is 218 g/mol. The van der Waals surface area contributed by atoms with Gasteiger partial charge in [0, 0.05) is 6.54 Å². The molecule has 0 aromatic carbocycles. The summed E-state index contributed by atoms with van der Waals surface area (Å²) in [5, 5.41) is 12.1. The highest BCUT2D eigenvalue weighted by Crippen LogP contribution is 2.20. The van der Waals surface area contributed by atoms with E-state index in [1.165, 1.54) is 12.8 Å². The molecule has 1 aliphatic rings. The van der Waals surface area contributed by atoms with Gasteiger partial charge in [-0.3, -0.25) is 4.79 Å². The van der Waals surface area contributed by atoms with Crippen LogP contribution in [0, 0.1) is 0 Å². The average molecular weight is 243 g/mol. The quantitative estimate of drug-likeness (QED) is 0.609. The molecule has 0 aromatic rings. The molecule has 4 nitrogen and oxygen atoms in total. The highest BCUT2D eigenvalue weighted by molar-refractivity contribution is 5.73. The van der Waals surface area contributed by atoms with Crippen molar-refractivity contribution in [2.24, 2.45) is 0 Å². The first-order valence-electron chi connectivity index (χ1n) is 6.81. The first kappa shape index (κ1) is 14.5. The second-order valence-electron chi connectivity index (χ2n) is 4.76. The fraction of sp³-hybridized carbons (Fsp3) is 0.923. The molecule has 4 heteroatoms. The van der Waals surface area contributed by atoms with Gasteiger partial charge < -0.3 is 15.2 Å². The lowest BCUT2D eigenvalue weighted by Gasteiger charge is -2.15. The van der Waals surface area contributed by atoms with E-state index < -0.39 is 12.0 Å². The fourth-order valence-corrected chi connectivity index (χ4v) is 2.23. The summed E-state index contributed by atoms with van der Waals surface area (Å²) in [7, 11) is 0. The van der Waals surface area contributed by atoms with Gasteiger partial charge in [0.15, 0.2) is 0 Å². The zero-order valence-electron chi connectivity index (χ0n) is 10.8. The minimum absolute atomic E-state index is 0.413. The maximum Gasteiger partial charge on any atom is 0.320 e. The molecule has 1 unspecified atom stereocenters. The van der Waals surface area contributed by atoms with Crippen molar-refractivity contribution in [3.8, 4) is 0 Å². The maximum atomic E-state index is 11.0. The normalized spacial score (nSPS) is 18.4. The standard InChI is InChI=1S/C13H25NO3/c1-2-3-8-12(13(15)16)14-9-10-17-11-6-4-5-7-11/h11-12,14H,2-10H2,1H3,(H,15,16). The zero-order chi connectivity index (χ0) is 12.5. The Labute approximate surface area is 104 Å². The lowest BCUT2D eigenvalue weighted by molar-refractivity contribution is -0.139. The molecule has 1 rings (SSSR count). The number of rotatable bonds is 9. The molecule has 0 bridgehead atoms. The van der Waals surface area contributed by atoms with Gasteiger partial charge in [-0.25, -0.2) is 0 Å². The van der Waals surface area contributed by atoms with E-state index in [-0.39, 0.29) is 0 Å². The molecule has 1 fully saturated rings. The van der Waals surface area contributed by atoms with E-state index in [0.29, 0.717) is 25.7 Å². The monoisotopic (exact) mass is 243 g/mol. The van der Waals surface area contributed by atoms with Crippen LogP contribution in [0.5, 0.6) is 0 Å². The Kier molecular flexibility index (Phi) is 7.21. The minimum Gasteiger partial charge on any atom is -0.480 e. The Bertz CT molecular complexity index is 215. The SMILES string of the molecule is CCCCC(NCCOC1CCCC1)C(=O)O. The van der Waals surface area contributed by atoms with E-state index in [1.54, 1.807) is 0 Å². The Morgan fingerprint density at radius 2 is 2.18 bits per heavy atom. The highest BCUT2D eigenvalue weighted by atomic mass is 16.5. The molecule has 0 saturated heterocycles. The van der Waals surface area contributed by atoms with Crippen molar-refractivity contribution < 1.29 is 14.6 Å². The predicted molar refractivity (Wildman–Crippen MR) is 67.2 cm³/mol. The van der Waals surface area contributed by atoms with Crippen LogP contribution < -0.4 is 5.32 Å². The number of carboxylic acid groups (broad SMARTS) is 1. The van der Waals surface area contributed by atoms with Crippen LogP contribution in [-0.2, 0) is 9.53 Å². The number of hydrogen-bond donors (Lipinski definition) is 2. The second kappa shape index (κ2) is 8.48. The molecule has 0 aliphatic heterocycles. The van der Waals surface area contributed by atoms with Crippen molar-refractivity contribution in [2.75, 3.05) is 13.2 Å². The third-order valence-electron chi connectivity index (χ3n) is 3.29. The fourth-order valence-electron chi connectivity index (χ4n) is 2.23. The van der Waals surface area contributed by atoms with Gasteiger partial charge in [0.25, 0.3) is 0 Å². The minimum atomic E-state index is -0.751. The van der Waals surface area contributed by atoms with E-state index in [4.69, 9.17) is 9.84 Å². The van der Waals surface area contributed by atoms with Gasteiger partial charge in [-0.05, 0) is 19.3 Å². The highest BCUT2D eigenvalue weighted by Gasteiger charge is 2.17. The number of aliphatic carboxylic acids is 1. The number of nitrogens with one attached hydrogen (secondary N) is 1. The van der Waals surface area contributed by atoms with E-state index >= 15 is 0 Å². The van der Waals surface area contributed by atoms with Crippen LogP contribution in [-0.4, -0.2) is 36.4 Å². The zero-order valence-corrected chi connectivity index (χ0v) is 10.8. The third kappa shape index (κ3) is 6.03. The topological polar surface area (TPSA) is 58.6 Å². The number of carboxylic acids is 1. The molecule has 0 aromatic heterocycles. The van der Waals surface area contributed by atoms with Gasteiger partial charge in [-0.1, -0.05) is 32.6 Å². The van der Waals surface area contributed by atoms with Gasteiger partial charge in [0.1, 0.15) is 6.04 Å². The first-order chi connectivity index (χ1) is 8.24. The summed E-state index contributed by atoms with van der Waals surface area (Å²) in [5.41, 5.74) is 0. The van der Waals surface area contributed by atoms with Crippen LogP contribution in [0.15, 0.2) is 0 Å². The van der Waals surface area contributed by atoms with Crippen LogP contribution in [0.2, 0.25) is 0 Å². The molecule has 0 radical (unpaired) electrons. The second-order valence-corrected chi connectivity index (χ2v) is 4.76. The molecule has 100 valence electrons. The van der Waals surface area contributed by atoms with Crippen molar-refractivity contribution in [2.45, 2.75) is 64.0 Å². The van der Waals surface area contributed by atoms with Crippen LogP contribution in [0.3, 0.4) is 0 Å². The number of ether oxygens (including phenoxy) is 1. The molecule has 0 heterocycles. The summed E-state index contributed by atoms with van der Waals surface area (Å²) < 4.78 is 5.68. The summed E-state index contributed by atoms with van der Waals surface area (Å²) in [6.07, 6.45) is 7.97. The molecule has 1 atom stereocenters. The van der Waals surface area contributed by atoms with Gasteiger partial charge in [-0.2, -0.15) is 0 Å². The van der Waals surface area contributed by atoms with Crippen molar-refractivity contribution >= 4 is 5.97 Å². The molecule has 0 spiro atoms. The van der Waals surface area contributed by atoms with Gasteiger partial charge in [0.05, 0.1) is 12.7 Å². The van der Waals surface area contributed by atoms with Gasteiger partial charge >= 0.3 is 5.97 Å². The Morgan fingerprint density at radius 3 is 2.76 bits per heavy atom. The van der Waals surface area contributed by atoms with Crippen LogP contribution in [0.4, 0.5) is 0 Å². The molecule has 0 amide bonds. The van der Waals surface area contributed by atoms with Crippen molar-refractivity contribution in [1.29, 1.82) is 0 Å². The summed E-state index contributed by atoms with van der Waals surface area (Å²) in [6.45, 7) is 3.33. The summed E-state index contributed by atoms with van der Waals surface area (Å²) in [5.74, 6) is -0.751. The number of unbranched alkanes of at least 4 members (excludes halogenated alkanes) is 1. The lowest BCUT2D eigenvalue weighted by Crippen LogP contribution is -2.38. The Morgan fingerprint density at radius 1 is 1.47 bits per heavy atom. The van der Waals surface area contributed by atoms with Crippen molar-refractivity contribution in [3.63, 3.8) is 0 Å². The molecule has 17 heavy (non-hydrogen) atoms. The summed E-state index contributed by atoms with van der Waals surface area (Å²) in [4.78, 5) is 11.0. The van der Waals surface area contributed by atoms with Crippen molar-refractivity contribution in [3.05, 3.63) is 0 Å². The van der Waals surface area contributed by atoms with E-state index in [9.17, 15) is 4.79 Å². The van der Waals surface area contributed by atoms with Crippen LogP contribution in [0.25, 0.3) is 0 Å². The summed E-state index contributed by atoms with van der Waals surface area (Å²) >= 11 is 0. The molecule has 1 aliphatic carbocycles. The first-order valence-corrected chi connectivity index (χ1v) is 6.81. The predicted octanol–water partition coefficient (Wildman–Crippen LogP) is 2.18.